The normalized spacial score (nSPS) is 20.8. The zero-order chi connectivity index (χ0) is 24.8. The van der Waals surface area contributed by atoms with E-state index in [4.69, 9.17) is 14.2 Å². The second-order valence-electron chi connectivity index (χ2n) is 10.4. The third-order valence-corrected chi connectivity index (χ3v) is 6.31. The van der Waals surface area contributed by atoms with Gasteiger partial charge >= 0.3 is 12.2 Å². The number of nitrogens with zero attached hydrogens (tertiary/aromatic N) is 2. The first kappa shape index (κ1) is 25.0. The van der Waals surface area contributed by atoms with Crippen LogP contribution in [0, 0.1) is 0 Å². The van der Waals surface area contributed by atoms with Gasteiger partial charge in [-0.2, -0.15) is 0 Å². The van der Waals surface area contributed by atoms with Gasteiger partial charge in [-0.15, -0.1) is 0 Å². The molecule has 0 N–H and O–H groups in total. The van der Waals surface area contributed by atoms with Crippen molar-refractivity contribution < 1.29 is 23.8 Å². The molecule has 7 nitrogen and oxygen atoms in total. The van der Waals surface area contributed by atoms with Crippen molar-refractivity contribution in [3.63, 3.8) is 0 Å². The third kappa shape index (κ3) is 7.21. The summed E-state index contributed by atoms with van der Waals surface area (Å²) in [5, 5.41) is 0. The Morgan fingerprint density at radius 3 is 2.14 bits per heavy atom. The van der Waals surface area contributed by atoms with E-state index in [0.717, 1.165) is 24.8 Å². The maximum Gasteiger partial charge on any atom is 0.410 e. The minimum atomic E-state index is -0.504. The van der Waals surface area contributed by atoms with E-state index in [0.29, 0.717) is 19.6 Å². The largest absolute Gasteiger partial charge is 0.445 e. The minimum absolute atomic E-state index is 0.00137. The molecule has 2 aliphatic rings. The lowest BCUT2D eigenvalue weighted by Gasteiger charge is -2.44. The fourth-order valence-electron chi connectivity index (χ4n) is 4.53. The number of rotatable bonds is 6. The van der Waals surface area contributed by atoms with E-state index in [9.17, 15) is 9.59 Å². The summed E-state index contributed by atoms with van der Waals surface area (Å²) < 4.78 is 17.4. The lowest BCUT2D eigenvalue weighted by atomic mass is 9.93. The van der Waals surface area contributed by atoms with Crippen LogP contribution in [-0.2, 0) is 27.2 Å². The number of likely N-dealkylation sites (tertiary alicyclic amines) is 2. The van der Waals surface area contributed by atoms with E-state index in [-0.39, 0.29) is 37.0 Å². The van der Waals surface area contributed by atoms with Crippen molar-refractivity contribution in [2.75, 3.05) is 19.6 Å². The molecule has 188 valence electrons. The zero-order valence-electron chi connectivity index (χ0n) is 20.9. The van der Waals surface area contributed by atoms with Crippen LogP contribution in [-0.4, -0.2) is 65.5 Å². The van der Waals surface area contributed by atoms with Crippen LogP contribution in [0.1, 0.15) is 44.7 Å². The highest BCUT2D eigenvalue weighted by atomic mass is 16.6. The van der Waals surface area contributed by atoms with Gasteiger partial charge in [0.1, 0.15) is 12.2 Å². The van der Waals surface area contributed by atoms with Crippen molar-refractivity contribution in [3.05, 3.63) is 71.8 Å². The molecule has 4 rings (SSSR count). The van der Waals surface area contributed by atoms with Gasteiger partial charge in [0.15, 0.2) is 0 Å². The van der Waals surface area contributed by atoms with E-state index < -0.39 is 5.60 Å². The molecule has 2 fully saturated rings. The van der Waals surface area contributed by atoms with Gasteiger partial charge in [0.25, 0.3) is 0 Å². The van der Waals surface area contributed by atoms with Gasteiger partial charge in [0.2, 0.25) is 0 Å². The van der Waals surface area contributed by atoms with Gasteiger partial charge in [-0.1, -0.05) is 60.7 Å². The Morgan fingerprint density at radius 1 is 0.886 bits per heavy atom. The molecule has 2 atom stereocenters. The molecular weight excluding hydrogens is 444 g/mol. The number of carbonyl (C=O) groups is 2. The van der Waals surface area contributed by atoms with Crippen molar-refractivity contribution in [2.45, 2.75) is 70.5 Å². The molecule has 2 unspecified atom stereocenters. The first-order valence-electron chi connectivity index (χ1n) is 12.4. The molecule has 2 aromatic carbocycles. The molecule has 2 saturated heterocycles. The fourth-order valence-corrected chi connectivity index (χ4v) is 4.53. The molecular formula is C28H36N2O5. The summed E-state index contributed by atoms with van der Waals surface area (Å²) in [5.41, 5.74) is 1.65. The second-order valence-corrected chi connectivity index (χ2v) is 10.4. The average molecular weight is 481 g/mol. The molecule has 0 aliphatic carbocycles. The van der Waals surface area contributed by atoms with E-state index in [1.54, 1.807) is 4.90 Å². The number of ether oxygens (including phenoxy) is 3. The Morgan fingerprint density at radius 2 is 1.51 bits per heavy atom. The summed E-state index contributed by atoms with van der Waals surface area (Å²) in [4.78, 5) is 28.7. The summed E-state index contributed by atoms with van der Waals surface area (Å²) in [6.45, 7) is 7.52. The van der Waals surface area contributed by atoms with E-state index in [1.807, 2.05) is 74.2 Å². The van der Waals surface area contributed by atoms with Crippen LogP contribution in [0.2, 0.25) is 0 Å². The molecule has 35 heavy (non-hydrogen) atoms. The highest BCUT2D eigenvalue weighted by molar-refractivity contribution is 5.69. The molecule has 2 amide bonds. The predicted octanol–water partition coefficient (Wildman–Crippen LogP) is 5.03. The van der Waals surface area contributed by atoms with E-state index in [1.165, 1.54) is 5.56 Å². The lowest BCUT2D eigenvalue weighted by molar-refractivity contribution is -0.112. The van der Waals surface area contributed by atoms with Crippen molar-refractivity contribution in [1.82, 2.24) is 9.80 Å². The monoisotopic (exact) mass is 480 g/mol. The van der Waals surface area contributed by atoms with Gasteiger partial charge in [-0.05, 0) is 51.2 Å². The van der Waals surface area contributed by atoms with Gasteiger partial charge < -0.3 is 24.0 Å². The number of benzene rings is 2. The van der Waals surface area contributed by atoms with Gasteiger partial charge in [-0.25, -0.2) is 9.59 Å². The minimum Gasteiger partial charge on any atom is -0.445 e. The quantitative estimate of drug-likeness (QED) is 0.580. The molecule has 0 spiro atoms. The summed E-state index contributed by atoms with van der Waals surface area (Å²) in [6, 6.07) is 19.9. The van der Waals surface area contributed by atoms with Crippen LogP contribution in [0.5, 0.6) is 0 Å². The van der Waals surface area contributed by atoms with Crippen LogP contribution in [0.3, 0.4) is 0 Å². The molecule has 7 heteroatoms. The zero-order valence-corrected chi connectivity index (χ0v) is 20.9. The Labute approximate surface area is 207 Å². The van der Waals surface area contributed by atoms with Crippen LogP contribution >= 0.6 is 0 Å². The Kier molecular flexibility index (Phi) is 7.96. The summed E-state index contributed by atoms with van der Waals surface area (Å²) >= 11 is 0. The molecule has 2 aliphatic heterocycles. The molecule has 0 radical (unpaired) electrons. The number of hydrogen-bond donors (Lipinski definition) is 0. The standard InChI is InChI=1S/C28H36N2O5/c1-28(2,3)35-26(31)29-18-25(19-29)34-24-14-15-30(23(17-24)16-21-10-6-4-7-11-21)27(32)33-20-22-12-8-5-9-13-22/h4-13,23-25H,14-20H2,1-3H3. The first-order chi connectivity index (χ1) is 16.8. The fraction of sp³-hybridized carbons (Fsp3) is 0.500. The number of hydrogen-bond acceptors (Lipinski definition) is 5. The van der Waals surface area contributed by atoms with Crippen LogP contribution < -0.4 is 0 Å². The summed E-state index contributed by atoms with van der Waals surface area (Å²) in [5.74, 6) is 0. The highest BCUT2D eigenvalue weighted by Gasteiger charge is 2.39. The van der Waals surface area contributed by atoms with Gasteiger partial charge in [0.05, 0.1) is 25.3 Å². The number of piperidine rings is 1. The SMILES string of the molecule is CC(C)(C)OC(=O)N1CC(OC2CCN(C(=O)OCc3ccccc3)C(Cc3ccccc3)C2)C1. The van der Waals surface area contributed by atoms with Crippen molar-refractivity contribution >= 4 is 12.2 Å². The van der Waals surface area contributed by atoms with Crippen molar-refractivity contribution in [2.24, 2.45) is 0 Å². The molecule has 0 bridgehead atoms. The van der Waals surface area contributed by atoms with Crippen LogP contribution in [0.4, 0.5) is 9.59 Å². The smallest absolute Gasteiger partial charge is 0.410 e. The Hall–Kier alpha value is -3.06. The third-order valence-electron chi connectivity index (χ3n) is 6.31. The van der Waals surface area contributed by atoms with E-state index in [2.05, 4.69) is 12.1 Å². The lowest BCUT2D eigenvalue weighted by Crippen LogP contribution is -2.58. The predicted molar refractivity (Wildman–Crippen MR) is 133 cm³/mol. The second kappa shape index (κ2) is 11.1. The average Bonchev–Trinajstić information content (AvgIpc) is 2.80. The maximum atomic E-state index is 13.0. The number of carbonyl (C=O) groups excluding carboxylic acids is 2. The molecule has 0 saturated carbocycles. The number of amides is 2. The van der Waals surface area contributed by atoms with Crippen LogP contribution in [0.25, 0.3) is 0 Å². The molecule has 0 aromatic heterocycles. The topological polar surface area (TPSA) is 68.3 Å². The Bertz CT molecular complexity index is 970. The van der Waals surface area contributed by atoms with Crippen LogP contribution in [0.15, 0.2) is 60.7 Å². The summed E-state index contributed by atoms with van der Waals surface area (Å²) in [7, 11) is 0. The molecule has 2 heterocycles. The Balaban J connectivity index is 1.32. The first-order valence-corrected chi connectivity index (χ1v) is 12.4. The van der Waals surface area contributed by atoms with Crippen molar-refractivity contribution in [1.29, 1.82) is 0 Å². The van der Waals surface area contributed by atoms with E-state index >= 15 is 0 Å². The summed E-state index contributed by atoms with van der Waals surface area (Å²) in [6.07, 6.45) is 1.68. The van der Waals surface area contributed by atoms with Gasteiger partial charge in [0, 0.05) is 12.6 Å². The van der Waals surface area contributed by atoms with Crippen molar-refractivity contribution in [3.8, 4) is 0 Å². The highest BCUT2D eigenvalue weighted by Crippen LogP contribution is 2.27. The molecule has 2 aromatic rings. The maximum absolute atomic E-state index is 13.0. The van der Waals surface area contributed by atoms with Gasteiger partial charge in [-0.3, -0.25) is 0 Å².